The van der Waals surface area contributed by atoms with Crippen molar-refractivity contribution in [1.29, 1.82) is 0 Å². The molecule has 4 nitrogen and oxygen atoms in total. The Morgan fingerprint density at radius 2 is 1.70 bits per heavy atom. The molecular weight excluding hydrogens is 291 g/mol. The first kappa shape index (κ1) is 19.2. The van der Waals surface area contributed by atoms with Crippen LogP contribution in [0.1, 0.15) is 80.1 Å². The van der Waals surface area contributed by atoms with Crippen molar-refractivity contribution >= 4 is 7.12 Å². The lowest BCUT2D eigenvalue weighted by Crippen LogP contribution is -2.40. The van der Waals surface area contributed by atoms with E-state index >= 15 is 0 Å². The molecule has 0 aromatic heterocycles. The van der Waals surface area contributed by atoms with Crippen molar-refractivity contribution in [3.05, 3.63) is 0 Å². The maximum atomic E-state index is 10.2. The van der Waals surface area contributed by atoms with Crippen LogP contribution < -0.4 is 0 Å². The Hall–Kier alpha value is -0.0951. The third-order valence-electron chi connectivity index (χ3n) is 5.52. The lowest BCUT2D eigenvalue weighted by atomic mass is 9.73. The standard InChI is InChI=1S/C18H35BO4/c1-13-10-11-15-14(9-7-8-12-18(13,5)6)22-19(23-15)16(20)21-17(2,3)4/h13-16,20H,7-12H2,1-6H3/t13-,14+,15-,16?/m1/s1. The molecule has 134 valence electrons. The zero-order chi connectivity index (χ0) is 17.3. The number of hydrogen-bond donors (Lipinski definition) is 1. The number of aliphatic hydroxyl groups is 1. The molecule has 0 radical (unpaired) electrons. The van der Waals surface area contributed by atoms with Gasteiger partial charge in [-0.25, -0.2) is 0 Å². The normalized spacial score (nSPS) is 34.0. The molecule has 0 bridgehead atoms. The van der Waals surface area contributed by atoms with Crippen LogP contribution in [0.15, 0.2) is 0 Å². The summed E-state index contributed by atoms with van der Waals surface area (Å²) in [5.41, 5.74) is -0.0261. The predicted octanol–water partition coefficient (Wildman–Crippen LogP) is 3.95. The van der Waals surface area contributed by atoms with Crippen molar-refractivity contribution in [2.24, 2.45) is 11.3 Å². The minimum Gasteiger partial charge on any atom is -0.402 e. The van der Waals surface area contributed by atoms with Gasteiger partial charge in [0.25, 0.3) is 0 Å². The summed E-state index contributed by atoms with van der Waals surface area (Å²) in [6.07, 6.45) is 5.94. The van der Waals surface area contributed by atoms with Gasteiger partial charge in [-0.05, 0) is 57.8 Å². The molecule has 1 aliphatic carbocycles. The van der Waals surface area contributed by atoms with Crippen LogP contribution in [0.4, 0.5) is 0 Å². The van der Waals surface area contributed by atoms with E-state index in [1.165, 1.54) is 12.8 Å². The Morgan fingerprint density at radius 3 is 2.30 bits per heavy atom. The van der Waals surface area contributed by atoms with Crippen LogP contribution in [-0.2, 0) is 14.0 Å². The Kier molecular flexibility index (Phi) is 6.21. The summed E-state index contributed by atoms with van der Waals surface area (Å²) in [4.78, 5) is 0. The molecule has 1 saturated carbocycles. The van der Waals surface area contributed by atoms with E-state index in [1.807, 2.05) is 20.8 Å². The second-order valence-corrected chi connectivity index (χ2v) is 9.05. The molecule has 0 spiro atoms. The summed E-state index contributed by atoms with van der Waals surface area (Å²) in [5, 5.41) is 10.2. The molecule has 0 aromatic rings. The molecule has 2 aliphatic rings. The van der Waals surface area contributed by atoms with Crippen LogP contribution in [0.3, 0.4) is 0 Å². The van der Waals surface area contributed by atoms with Gasteiger partial charge in [-0.2, -0.15) is 0 Å². The van der Waals surface area contributed by atoms with Gasteiger partial charge in [0, 0.05) is 0 Å². The fourth-order valence-electron chi connectivity index (χ4n) is 3.59. The first-order chi connectivity index (χ1) is 10.6. The summed E-state index contributed by atoms with van der Waals surface area (Å²) in [7, 11) is -0.659. The van der Waals surface area contributed by atoms with Gasteiger partial charge >= 0.3 is 7.12 Å². The van der Waals surface area contributed by atoms with Gasteiger partial charge in [-0.15, -0.1) is 0 Å². The molecule has 1 saturated heterocycles. The molecule has 23 heavy (non-hydrogen) atoms. The number of rotatable bonds is 2. The molecule has 2 rings (SSSR count). The molecular formula is C18H35BO4. The lowest BCUT2D eigenvalue weighted by molar-refractivity contribution is -0.134. The fourth-order valence-corrected chi connectivity index (χ4v) is 3.59. The molecule has 2 fully saturated rings. The monoisotopic (exact) mass is 326 g/mol. The van der Waals surface area contributed by atoms with Crippen molar-refractivity contribution in [3.8, 4) is 0 Å². The Morgan fingerprint density at radius 1 is 1.09 bits per heavy atom. The van der Waals surface area contributed by atoms with E-state index in [0.29, 0.717) is 11.3 Å². The van der Waals surface area contributed by atoms with Gasteiger partial charge in [0.1, 0.15) is 0 Å². The highest BCUT2D eigenvalue weighted by molar-refractivity contribution is 6.46. The van der Waals surface area contributed by atoms with E-state index in [-0.39, 0.29) is 12.2 Å². The first-order valence-electron chi connectivity index (χ1n) is 9.25. The smallest absolute Gasteiger partial charge is 0.402 e. The average Bonchev–Trinajstić information content (AvgIpc) is 2.82. The molecule has 1 unspecified atom stereocenters. The first-order valence-corrected chi connectivity index (χ1v) is 9.25. The van der Waals surface area contributed by atoms with Crippen molar-refractivity contribution < 1.29 is 19.2 Å². The number of aliphatic hydroxyl groups excluding tert-OH is 1. The van der Waals surface area contributed by atoms with Crippen LogP contribution >= 0.6 is 0 Å². The van der Waals surface area contributed by atoms with Crippen molar-refractivity contribution in [2.75, 3.05) is 0 Å². The minimum atomic E-state index is -1.03. The number of fused-ring (bicyclic) bond motifs is 1. The number of ether oxygens (including phenoxy) is 1. The molecule has 0 amide bonds. The van der Waals surface area contributed by atoms with Gasteiger partial charge in [-0.1, -0.05) is 33.6 Å². The van der Waals surface area contributed by atoms with Crippen LogP contribution in [0.25, 0.3) is 0 Å². The van der Waals surface area contributed by atoms with Crippen LogP contribution in [0.2, 0.25) is 0 Å². The quantitative estimate of drug-likeness (QED) is 0.617. The molecule has 1 heterocycles. The van der Waals surface area contributed by atoms with Gasteiger partial charge in [0.2, 0.25) is 0 Å². The van der Waals surface area contributed by atoms with Crippen LogP contribution in [0.5, 0.6) is 0 Å². The molecule has 1 N–H and O–H groups in total. The maximum Gasteiger partial charge on any atom is 0.517 e. The fraction of sp³-hybridized carbons (Fsp3) is 1.00. The van der Waals surface area contributed by atoms with Crippen molar-refractivity contribution in [2.45, 2.75) is 104 Å². The Labute approximate surface area is 142 Å². The van der Waals surface area contributed by atoms with E-state index < -0.39 is 18.9 Å². The van der Waals surface area contributed by atoms with E-state index in [4.69, 9.17) is 14.0 Å². The third kappa shape index (κ3) is 5.45. The van der Waals surface area contributed by atoms with Gasteiger partial charge < -0.3 is 19.2 Å². The van der Waals surface area contributed by atoms with Crippen LogP contribution in [0, 0.1) is 11.3 Å². The molecule has 4 atom stereocenters. The predicted molar refractivity (Wildman–Crippen MR) is 93.0 cm³/mol. The maximum absolute atomic E-state index is 10.2. The topological polar surface area (TPSA) is 47.9 Å². The van der Waals surface area contributed by atoms with Crippen molar-refractivity contribution in [3.63, 3.8) is 0 Å². The largest absolute Gasteiger partial charge is 0.517 e. The summed E-state index contributed by atoms with van der Waals surface area (Å²) in [6, 6.07) is 0. The Balaban J connectivity index is 1.97. The SMILES string of the molecule is C[C@@H]1CC[C@H]2OB(C(O)OC(C)(C)C)O[C@H]2CCCCC1(C)C. The summed E-state index contributed by atoms with van der Waals surface area (Å²) < 4.78 is 17.6. The van der Waals surface area contributed by atoms with E-state index in [0.717, 1.165) is 25.7 Å². The molecule has 5 heteroatoms. The van der Waals surface area contributed by atoms with Crippen molar-refractivity contribution in [1.82, 2.24) is 0 Å². The summed E-state index contributed by atoms with van der Waals surface area (Å²) in [6.45, 7) is 12.9. The lowest BCUT2D eigenvalue weighted by Gasteiger charge is -2.34. The van der Waals surface area contributed by atoms with Gasteiger partial charge in [-0.3, -0.25) is 0 Å². The molecule has 1 aliphatic heterocycles. The second kappa shape index (κ2) is 7.43. The Bertz CT molecular complexity index is 380. The van der Waals surface area contributed by atoms with E-state index in [9.17, 15) is 5.11 Å². The highest BCUT2D eigenvalue weighted by atomic mass is 16.7. The van der Waals surface area contributed by atoms with Gasteiger partial charge in [0.05, 0.1) is 17.8 Å². The average molecular weight is 326 g/mol. The highest BCUT2D eigenvalue weighted by Gasteiger charge is 2.46. The van der Waals surface area contributed by atoms with E-state index in [1.54, 1.807) is 0 Å². The third-order valence-corrected chi connectivity index (χ3v) is 5.52. The summed E-state index contributed by atoms with van der Waals surface area (Å²) >= 11 is 0. The summed E-state index contributed by atoms with van der Waals surface area (Å²) in [5.74, 6) is 0.666. The number of hydrogen-bond acceptors (Lipinski definition) is 4. The minimum absolute atomic E-state index is 0.0783. The van der Waals surface area contributed by atoms with Crippen LogP contribution in [-0.4, -0.2) is 36.2 Å². The van der Waals surface area contributed by atoms with Gasteiger partial charge in [0.15, 0.2) is 6.19 Å². The highest BCUT2D eigenvalue weighted by Crippen LogP contribution is 2.39. The zero-order valence-corrected chi connectivity index (χ0v) is 15.8. The van der Waals surface area contributed by atoms with E-state index in [2.05, 4.69) is 20.8 Å². The second-order valence-electron chi connectivity index (χ2n) is 9.05. The zero-order valence-electron chi connectivity index (χ0n) is 15.8. The molecule has 0 aromatic carbocycles.